The molecule has 1 aliphatic heterocycles. The minimum Gasteiger partial charge on any atom is -0.545 e. The second kappa shape index (κ2) is 5.74. The topological polar surface area (TPSA) is 52.2 Å². The second-order valence-corrected chi connectivity index (χ2v) is 7.15. The third kappa shape index (κ3) is 2.44. The van der Waals surface area contributed by atoms with Gasteiger partial charge < -0.3 is 15.2 Å². The maximum atomic E-state index is 14.4. The van der Waals surface area contributed by atoms with Gasteiger partial charge >= 0.3 is 0 Å². The van der Waals surface area contributed by atoms with Crippen LogP contribution in [0.5, 0.6) is 0 Å². The summed E-state index contributed by atoms with van der Waals surface area (Å²) in [5.74, 6) is -1.05. The molecule has 0 fully saturated rings. The molecule has 4 rings (SSSR count). The lowest BCUT2D eigenvalue weighted by Gasteiger charge is -2.37. The lowest BCUT2D eigenvalue weighted by atomic mass is 9.77. The standard InChI is InChI=1S/C19H15BrFNO2/c20-12-8-15-13-2-1-3-14(13)17(22-18(15)16(21)9-12)10-4-6-11(7-5-10)19(23)24/h1-2,4-9,13-14,17,22H,3H2,(H,23,24)/p-1/t13-,14+,17-/m0/s1. The number of allylic oxidation sites excluding steroid dienone is 2. The zero-order valence-corrected chi connectivity index (χ0v) is 14.2. The Bertz CT molecular complexity index is 847. The Morgan fingerprint density at radius 3 is 2.71 bits per heavy atom. The third-order valence-electron chi connectivity index (χ3n) is 4.89. The fourth-order valence-corrected chi connectivity index (χ4v) is 4.23. The number of nitrogens with one attached hydrogen (secondary N) is 1. The van der Waals surface area contributed by atoms with Crippen molar-refractivity contribution in [1.29, 1.82) is 0 Å². The SMILES string of the molecule is O=C([O-])c1ccc([C@@H]2Nc3c(F)cc(Br)cc3[C@H]3C=CC[C@H]32)cc1. The molecule has 122 valence electrons. The van der Waals surface area contributed by atoms with Gasteiger partial charge in [0.25, 0.3) is 0 Å². The number of aromatic carboxylic acids is 1. The van der Waals surface area contributed by atoms with Gasteiger partial charge in [0.2, 0.25) is 0 Å². The lowest BCUT2D eigenvalue weighted by molar-refractivity contribution is -0.255. The molecule has 0 amide bonds. The first-order valence-corrected chi connectivity index (χ1v) is 8.57. The molecule has 1 N–H and O–H groups in total. The first-order valence-electron chi connectivity index (χ1n) is 7.78. The summed E-state index contributed by atoms with van der Waals surface area (Å²) in [6.07, 6.45) is 5.17. The monoisotopic (exact) mass is 386 g/mol. The number of rotatable bonds is 2. The van der Waals surface area contributed by atoms with E-state index < -0.39 is 5.97 Å². The van der Waals surface area contributed by atoms with Crippen LogP contribution in [0.1, 0.15) is 39.9 Å². The summed E-state index contributed by atoms with van der Waals surface area (Å²) in [6, 6.07) is 9.99. The molecule has 0 aromatic heterocycles. The van der Waals surface area contributed by atoms with Crippen molar-refractivity contribution in [3.63, 3.8) is 0 Å². The summed E-state index contributed by atoms with van der Waals surface area (Å²) in [5.41, 5.74) is 2.58. The summed E-state index contributed by atoms with van der Waals surface area (Å²) in [6.45, 7) is 0. The van der Waals surface area contributed by atoms with Gasteiger partial charge in [0.15, 0.2) is 0 Å². The highest BCUT2D eigenvalue weighted by molar-refractivity contribution is 9.10. The predicted octanol–water partition coefficient (Wildman–Crippen LogP) is 3.78. The minimum absolute atomic E-state index is 0.0658. The Hall–Kier alpha value is -2.14. The molecular weight excluding hydrogens is 373 g/mol. The summed E-state index contributed by atoms with van der Waals surface area (Å²) >= 11 is 3.37. The average Bonchev–Trinajstić information content (AvgIpc) is 3.04. The molecule has 2 aliphatic rings. The Morgan fingerprint density at radius 1 is 1.25 bits per heavy atom. The Kier molecular flexibility index (Phi) is 3.68. The van der Waals surface area contributed by atoms with Crippen molar-refractivity contribution in [1.82, 2.24) is 0 Å². The Labute approximate surface area is 147 Å². The Balaban J connectivity index is 1.76. The van der Waals surface area contributed by atoms with E-state index in [-0.39, 0.29) is 29.3 Å². The second-order valence-electron chi connectivity index (χ2n) is 6.24. The molecule has 0 unspecified atom stereocenters. The number of carboxylic acids is 1. The van der Waals surface area contributed by atoms with Crippen LogP contribution in [0.3, 0.4) is 0 Å². The van der Waals surface area contributed by atoms with E-state index in [1.165, 1.54) is 18.2 Å². The van der Waals surface area contributed by atoms with Crippen molar-refractivity contribution in [2.24, 2.45) is 5.92 Å². The van der Waals surface area contributed by atoms with Crippen LogP contribution in [-0.2, 0) is 0 Å². The van der Waals surface area contributed by atoms with Gasteiger partial charge in [0.05, 0.1) is 17.7 Å². The molecule has 0 saturated heterocycles. The smallest absolute Gasteiger partial charge is 0.147 e. The number of carboxylic acid groups (broad SMARTS) is 1. The Morgan fingerprint density at radius 2 is 2.00 bits per heavy atom. The molecule has 0 saturated carbocycles. The molecule has 0 radical (unpaired) electrons. The van der Waals surface area contributed by atoms with E-state index in [0.29, 0.717) is 5.69 Å². The molecule has 3 nitrogen and oxygen atoms in total. The zero-order valence-electron chi connectivity index (χ0n) is 12.6. The summed E-state index contributed by atoms with van der Waals surface area (Å²) in [5, 5.41) is 14.3. The first kappa shape index (κ1) is 15.4. The van der Waals surface area contributed by atoms with Crippen LogP contribution in [-0.4, -0.2) is 5.97 Å². The van der Waals surface area contributed by atoms with Crippen LogP contribution in [0.25, 0.3) is 0 Å². The molecule has 0 bridgehead atoms. The van der Waals surface area contributed by atoms with Crippen molar-refractivity contribution in [3.8, 4) is 0 Å². The number of hydrogen-bond acceptors (Lipinski definition) is 3. The van der Waals surface area contributed by atoms with E-state index in [0.717, 1.165) is 22.0 Å². The minimum atomic E-state index is -1.19. The molecule has 5 heteroatoms. The van der Waals surface area contributed by atoms with Crippen LogP contribution in [0, 0.1) is 11.7 Å². The number of hydrogen-bond donors (Lipinski definition) is 1. The fraction of sp³-hybridized carbons (Fsp3) is 0.211. The van der Waals surface area contributed by atoms with E-state index >= 15 is 0 Å². The number of fused-ring (bicyclic) bond motifs is 3. The van der Waals surface area contributed by atoms with E-state index in [4.69, 9.17) is 0 Å². The van der Waals surface area contributed by atoms with Crippen molar-refractivity contribution in [2.75, 3.05) is 5.32 Å². The summed E-state index contributed by atoms with van der Waals surface area (Å²) < 4.78 is 15.2. The molecule has 1 heterocycles. The van der Waals surface area contributed by atoms with E-state index in [2.05, 4.69) is 33.4 Å². The van der Waals surface area contributed by atoms with Crippen molar-refractivity contribution < 1.29 is 14.3 Å². The van der Waals surface area contributed by atoms with Crippen molar-refractivity contribution >= 4 is 27.6 Å². The zero-order chi connectivity index (χ0) is 16.8. The van der Waals surface area contributed by atoms with Crippen LogP contribution in [0.2, 0.25) is 0 Å². The van der Waals surface area contributed by atoms with Gasteiger partial charge in [-0.15, -0.1) is 0 Å². The van der Waals surface area contributed by atoms with Gasteiger partial charge in [-0.3, -0.25) is 0 Å². The van der Waals surface area contributed by atoms with Crippen LogP contribution in [0.15, 0.2) is 53.0 Å². The van der Waals surface area contributed by atoms with Gasteiger partial charge in [-0.1, -0.05) is 52.3 Å². The third-order valence-corrected chi connectivity index (χ3v) is 5.35. The lowest BCUT2D eigenvalue weighted by Crippen LogP contribution is -2.30. The van der Waals surface area contributed by atoms with Crippen molar-refractivity contribution in [3.05, 3.63) is 75.5 Å². The van der Waals surface area contributed by atoms with Gasteiger partial charge in [0.1, 0.15) is 5.82 Å². The quantitative estimate of drug-likeness (QED) is 0.799. The summed E-state index contributed by atoms with van der Waals surface area (Å²) in [7, 11) is 0. The predicted molar refractivity (Wildman–Crippen MR) is 91.2 cm³/mol. The highest BCUT2D eigenvalue weighted by Gasteiger charge is 2.39. The van der Waals surface area contributed by atoms with E-state index in [9.17, 15) is 14.3 Å². The normalized spacial score (nSPS) is 24.2. The number of halogens is 2. The first-order chi connectivity index (χ1) is 11.5. The molecule has 1 aliphatic carbocycles. The van der Waals surface area contributed by atoms with Gasteiger partial charge in [-0.05, 0) is 41.2 Å². The van der Waals surface area contributed by atoms with Crippen molar-refractivity contribution in [2.45, 2.75) is 18.4 Å². The largest absolute Gasteiger partial charge is 0.545 e. The fourth-order valence-electron chi connectivity index (χ4n) is 3.78. The highest BCUT2D eigenvalue weighted by Crippen LogP contribution is 2.51. The number of carbonyl (C=O) groups is 1. The van der Waals surface area contributed by atoms with E-state index in [1.54, 1.807) is 12.1 Å². The van der Waals surface area contributed by atoms with Crippen LogP contribution in [0.4, 0.5) is 10.1 Å². The molecule has 2 aromatic rings. The maximum absolute atomic E-state index is 14.4. The molecule has 0 spiro atoms. The number of carbonyl (C=O) groups excluding carboxylic acids is 1. The molecule has 3 atom stereocenters. The molecule has 2 aromatic carbocycles. The maximum Gasteiger partial charge on any atom is 0.147 e. The van der Waals surface area contributed by atoms with Gasteiger partial charge in [0, 0.05) is 10.4 Å². The number of benzene rings is 2. The van der Waals surface area contributed by atoms with Gasteiger partial charge in [-0.25, -0.2) is 4.39 Å². The van der Waals surface area contributed by atoms with Crippen LogP contribution >= 0.6 is 15.9 Å². The highest BCUT2D eigenvalue weighted by atomic mass is 79.9. The average molecular weight is 387 g/mol. The van der Waals surface area contributed by atoms with Gasteiger partial charge in [-0.2, -0.15) is 0 Å². The molecular formula is C19H14BrFNO2-. The summed E-state index contributed by atoms with van der Waals surface area (Å²) in [4.78, 5) is 10.9. The number of anilines is 1. The van der Waals surface area contributed by atoms with E-state index in [1.807, 2.05) is 6.07 Å². The van der Waals surface area contributed by atoms with Crippen LogP contribution < -0.4 is 10.4 Å². The molecule has 24 heavy (non-hydrogen) atoms.